The zero-order chi connectivity index (χ0) is 16.0. The van der Waals surface area contributed by atoms with Gasteiger partial charge in [0, 0.05) is 23.5 Å². The number of fused-ring (bicyclic) bond motifs is 1. The van der Waals surface area contributed by atoms with E-state index < -0.39 is 0 Å². The quantitative estimate of drug-likeness (QED) is 0.798. The van der Waals surface area contributed by atoms with E-state index in [1.54, 1.807) is 0 Å². The molecule has 1 fully saturated rings. The van der Waals surface area contributed by atoms with Crippen molar-refractivity contribution in [1.82, 2.24) is 4.57 Å². The van der Waals surface area contributed by atoms with E-state index in [0.717, 1.165) is 24.1 Å². The number of ketones is 1. The molecule has 1 aromatic carbocycles. The number of hydrogen-bond donors (Lipinski definition) is 0. The summed E-state index contributed by atoms with van der Waals surface area (Å²) in [6, 6.07) is 12.5. The number of nitrogens with zero attached hydrogens (tertiary/aromatic N) is 1. The molecule has 0 unspecified atom stereocenters. The summed E-state index contributed by atoms with van der Waals surface area (Å²) < 4.78 is 2.09. The number of carbonyl (C=O) groups is 1. The van der Waals surface area contributed by atoms with Crippen LogP contribution in [-0.4, -0.2) is 10.4 Å². The summed E-state index contributed by atoms with van der Waals surface area (Å²) in [5, 5.41) is 0. The van der Waals surface area contributed by atoms with E-state index in [9.17, 15) is 4.79 Å². The van der Waals surface area contributed by atoms with Gasteiger partial charge in [-0.05, 0) is 66.7 Å². The summed E-state index contributed by atoms with van der Waals surface area (Å²) >= 11 is 0. The lowest BCUT2D eigenvalue weighted by atomic mass is 9.53. The summed E-state index contributed by atoms with van der Waals surface area (Å²) in [6.07, 6.45) is 10.4. The van der Waals surface area contributed by atoms with E-state index in [-0.39, 0.29) is 5.41 Å². The smallest absolute Gasteiger partial charge is 0.164 e. The van der Waals surface area contributed by atoms with Gasteiger partial charge in [-0.25, -0.2) is 0 Å². The summed E-state index contributed by atoms with van der Waals surface area (Å²) in [5.74, 6) is 0.927. The minimum Gasteiger partial charge on any atom is -0.324 e. The monoisotopic (exact) mass is 303 g/mol. The fourth-order valence-corrected chi connectivity index (χ4v) is 4.03. The molecule has 0 N–H and O–H groups in total. The van der Waals surface area contributed by atoms with Crippen molar-refractivity contribution in [3.8, 4) is 5.69 Å². The molecule has 3 aliphatic rings. The van der Waals surface area contributed by atoms with Crippen molar-refractivity contribution in [2.45, 2.75) is 26.7 Å². The Bertz CT molecular complexity index is 800. The largest absolute Gasteiger partial charge is 0.324 e. The molecule has 0 aliphatic heterocycles. The Balaban J connectivity index is 1.56. The highest BCUT2D eigenvalue weighted by Gasteiger charge is 2.51. The number of allylic oxidation sites excluding steroid dienone is 3. The van der Waals surface area contributed by atoms with Gasteiger partial charge in [-0.15, -0.1) is 0 Å². The van der Waals surface area contributed by atoms with Crippen LogP contribution in [0.3, 0.4) is 0 Å². The first-order chi connectivity index (χ1) is 11.1. The first-order valence-electron chi connectivity index (χ1n) is 8.24. The maximum atomic E-state index is 12.4. The van der Waals surface area contributed by atoms with Crippen molar-refractivity contribution >= 4 is 11.9 Å². The molecule has 2 aromatic rings. The van der Waals surface area contributed by atoms with E-state index in [4.69, 9.17) is 0 Å². The van der Waals surface area contributed by atoms with Crippen LogP contribution >= 0.6 is 0 Å². The van der Waals surface area contributed by atoms with E-state index in [1.165, 1.54) is 11.1 Å². The van der Waals surface area contributed by atoms with Crippen LogP contribution in [0, 0.1) is 11.3 Å². The fraction of sp³-hybridized carbons (Fsp3) is 0.286. The van der Waals surface area contributed by atoms with Gasteiger partial charge in [0.2, 0.25) is 0 Å². The molecule has 23 heavy (non-hydrogen) atoms. The lowest BCUT2D eigenvalue weighted by Gasteiger charge is -2.49. The van der Waals surface area contributed by atoms with Gasteiger partial charge in [0.25, 0.3) is 0 Å². The van der Waals surface area contributed by atoms with Crippen LogP contribution in [-0.2, 0) is 4.79 Å². The van der Waals surface area contributed by atoms with Crippen molar-refractivity contribution in [1.29, 1.82) is 0 Å². The lowest BCUT2D eigenvalue weighted by Crippen LogP contribution is -2.47. The maximum absolute atomic E-state index is 12.4. The van der Waals surface area contributed by atoms with Gasteiger partial charge in [-0.2, -0.15) is 0 Å². The zero-order valence-corrected chi connectivity index (χ0v) is 13.6. The lowest BCUT2D eigenvalue weighted by molar-refractivity contribution is -0.132. The van der Waals surface area contributed by atoms with Crippen molar-refractivity contribution < 1.29 is 4.79 Å². The van der Waals surface area contributed by atoms with Crippen molar-refractivity contribution in [3.05, 3.63) is 71.6 Å². The third kappa shape index (κ3) is 2.29. The van der Waals surface area contributed by atoms with Crippen LogP contribution in [0.5, 0.6) is 0 Å². The first-order valence-corrected chi connectivity index (χ1v) is 8.24. The third-order valence-corrected chi connectivity index (χ3v) is 5.41. The van der Waals surface area contributed by atoms with Crippen molar-refractivity contribution in [2.24, 2.45) is 11.3 Å². The maximum Gasteiger partial charge on any atom is 0.164 e. The standard InChI is InChI=1S/C21H21NO/c1-15-19(17-13-21(2,14-17)20(15)23)10-7-16-5-8-18(9-6-16)22-11-3-4-12-22/h3-12,17H,13-14H2,1-2H3/b10-7+. The SMILES string of the molecule is CC1=C(/C=C/c2ccc(-n3cccc3)cc2)C2CC(C)(C2)C1=O. The van der Waals surface area contributed by atoms with E-state index in [2.05, 4.69) is 47.9 Å². The molecule has 2 nitrogen and oxygen atoms in total. The second-order valence-electron chi connectivity index (χ2n) is 7.09. The van der Waals surface area contributed by atoms with Crippen LogP contribution in [0.4, 0.5) is 0 Å². The van der Waals surface area contributed by atoms with Crippen LogP contribution < -0.4 is 0 Å². The molecule has 0 radical (unpaired) electrons. The van der Waals surface area contributed by atoms with Crippen LogP contribution in [0.2, 0.25) is 0 Å². The molecule has 5 rings (SSSR count). The third-order valence-electron chi connectivity index (χ3n) is 5.41. The number of benzene rings is 1. The summed E-state index contributed by atoms with van der Waals surface area (Å²) in [7, 11) is 0. The molecule has 0 spiro atoms. The topological polar surface area (TPSA) is 22.0 Å². The highest BCUT2D eigenvalue weighted by atomic mass is 16.1. The Hall–Kier alpha value is -2.35. The van der Waals surface area contributed by atoms with Crippen molar-refractivity contribution in [3.63, 3.8) is 0 Å². The first kappa shape index (κ1) is 14.3. The van der Waals surface area contributed by atoms with E-state index in [1.807, 2.05) is 31.5 Å². The molecule has 2 heteroatoms. The molecular weight excluding hydrogens is 282 g/mol. The van der Waals surface area contributed by atoms with Gasteiger partial charge < -0.3 is 4.57 Å². The Kier molecular flexibility index (Phi) is 3.15. The normalized spacial score (nSPS) is 26.7. The van der Waals surface area contributed by atoms with Crippen LogP contribution in [0.15, 0.2) is 66.0 Å². The molecule has 1 heterocycles. The average molecular weight is 303 g/mol. The number of hydrogen-bond acceptors (Lipinski definition) is 1. The number of Topliss-reactive ketones (excluding diaryl/α,β-unsaturated/α-hetero) is 1. The minimum absolute atomic E-state index is 0.0650. The molecule has 2 bridgehead atoms. The molecule has 1 saturated carbocycles. The molecule has 3 aliphatic carbocycles. The van der Waals surface area contributed by atoms with Gasteiger partial charge >= 0.3 is 0 Å². The Labute approximate surface area is 137 Å². The zero-order valence-electron chi connectivity index (χ0n) is 13.6. The predicted octanol–water partition coefficient (Wildman–Crippen LogP) is 4.81. The fourth-order valence-electron chi connectivity index (χ4n) is 4.03. The highest BCUT2D eigenvalue weighted by molar-refractivity contribution is 6.03. The number of aromatic nitrogens is 1. The van der Waals surface area contributed by atoms with E-state index >= 15 is 0 Å². The average Bonchev–Trinajstić information content (AvgIpc) is 3.05. The highest BCUT2D eigenvalue weighted by Crippen LogP contribution is 2.55. The number of rotatable bonds is 3. The Morgan fingerprint density at radius 1 is 1.09 bits per heavy atom. The number of carbonyl (C=O) groups excluding carboxylic acids is 1. The summed E-state index contributed by atoms with van der Waals surface area (Å²) in [4.78, 5) is 12.4. The summed E-state index contributed by atoms with van der Waals surface area (Å²) in [6.45, 7) is 4.09. The molecule has 0 atom stereocenters. The molecule has 0 saturated heterocycles. The van der Waals surface area contributed by atoms with Gasteiger partial charge in [-0.3, -0.25) is 4.79 Å². The Morgan fingerprint density at radius 3 is 2.39 bits per heavy atom. The second kappa shape index (κ2) is 5.09. The van der Waals surface area contributed by atoms with E-state index in [0.29, 0.717) is 11.7 Å². The van der Waals surface area contributed by atoms with Crippen LogP contribution in [0.25, 0.3) is 11.8 Å². The molecule has 1 aromatic heterocycles. The van der Waals surface area contributed by atoms with Gasteiger partial charge in [0.1, 0.15) is 0 Å². The van der Waals surface area contributed by atoms with Gasteiger partial charge in [0.15, 0.2) is 5.78 Å². The van der Waals surface area contributed by atoms with Gasteiger partial charge in [0.05, 0.1) is 0 Å². The molecular formula is C21H21NO. The second-order valence-corrected chi connectivity index (χ2v) is 7.09. The summed E-state index contributed by atoms with van der Waals surface area (Å²) in [5.41, 5.74) is 4.47. The molecule has 0 amide bonds. The van der Waals surface area contributed by atoms with Crippen molar-refractivity contribution in [2.75, 3.05) is 0 Å². The Morgan fingerprint density at radius 2 is 1.74 bits per heavy atom. The predicted molar refractivity (Wildman–Crippen MR) is 93.3 cm³/mol. The molecule has 116 valence electrons. The van der Waals surface area contributed by atoms with Crippen LogP contribution in [0.1, 0.15) is 32.3 Å². The van der Waals surface area contributed by atoms with Gasteiger partial charge in [-0.1, -0.05) is 31.2 Å². The minimum atomic E-state index is -0.0650.